The summed E-state index contributed by atoms with van der Waals surface area (Å²) < 4.78 is 11.1. The molecule has 0 fully saturated rings. The van der Waals surface area contributed by atoms with Crippen LogP contribution in [0, 0.1) is 6.92 Å². The number of rotatable bonds is 8. The highest BCUT2D eigenvalue weighted by Crippen LogP contribution is 2.28. The lowest BCUT2D eigenvalue weighted by atomic mass is 10.1. The Morgan fingerprint density at radius 1 is 0.962 bits per heavy atom. The number of ether oxygens (including phenoxy) is 2. The number of benzene rings is 2. The van der Waals surface area contributed by atoms with Crippen molar-refractivity contribution in [3.63, 3.8) is 0 Å². The number of guanidine groups is 1. The van der Waals surface area contributed by atoms with Crippen molar-refractivity contribution in [2.45, 2.75) is 33.4 Å². The molecule has 0 radical (unpaired) electrons. The number of aliphatic imine (C=N–C) groups is 1. The number of nitrogens with one attached hydrogen (secondary N) is 2. The van der Waals surface area contributed by atoms with Crippen LogP contribution in [0.25, 0.3) is 0 Å². The van der Waals surface area contributed by atoms with Gasteiger partial charge >= 0.3 is 0 Å². The molecule has 0 bridgehead atoms. The number of aryl methyl sites for hydroxylation is 1. The summed E-state index contributed by atoms with van der Waals surface area (Å²) >= 11 is 0. The van der Waals surface area contributed by atoms with Crippen LogP contribution in [0.5, 0.6) is 11.5 Å². The van der Waals surface area contributed by atoms with E-state index in [1.54, 1.807) is 14.2 Å². The molecular formula is C21H29N3O2. The molecule has 2 aromatic rings. The van der Waals surface area contributed by atoms with Gasteiger partial charge in [-0.15, -0.1) is 0 Å². The first-order chi connectivity index (χ1) is 12.7. The van der Waals surface area contributed by atoms with Gasteiger partial charge < -0.3 is 20.1 Å². The molecule has 0 aliphatic rings. The monoisotopic (exact) mass is 355 g/mol. The fraction of sp³-hybridized carbons (Fsp3) is 0.381. The molecule has 0 aliphatic carbocycles. The normalized spacial score (nSPS) is 11.2. The summed E-state index contributed by atoms with van der Waals surface area (Å²) in [5, 5.41) is 6.65. The molecule has 0 aliphatic heterocycles. The zero-order chi connectivity index (χ0) is 18.8. The Bertz CT molecular complexity index is 712. The van der Waals surface area contributed by atoms with Crippen molar-refractivity contribution in [3.05, 3.63) is 59.2 Å². The van der Waals surface area contributed by atoms with Crippen molar-refractivity contribution in [2.75, 3.05) is 20.8 Å². The lowest BCUT2D eigenvalue weighted by Crippen LogP contribution is -2.36. The Balaban J connectivity index is 1.90. The predicted molar refractivity (Wildman–Crippen MR) is 107 cm³/mol. The molecule has 0 atom stereocenters. The maximum atomic E-state index is 5.69. The van der Waals surface area contributed by atoms with Gasteiger partial charge in [0.15, 0.2) is 17.5 Å². The van der Waals surface area contributed by atoms with Crippen molar-refractivity contribution in [1.82, 2.24) is 10.6 Å². The molecule has 2 N–H and O–H groups in total. The average Bonchev–Trinajstić information content (AvgIpc) is 2.68. The highest BCUT2D eigenvalue weighted by atomic mass is 16.5. The van der Waals surface area contributed by atoms with Gasteiger partial charge in [0.25, 0.3) is 0 Å². The van der Waals surface area contributed by atoms with E-state index in [1.165, 1.54) is 11.1 Å². The SMILES string of the molecule is CCCOc1ccc(CNC(=NC)NCc2ccc(C)cc2)cc1OC. The predicted octanol–water partition coefficient (Wildman–Crippen LogP) is 3.66. The molecule has 0 aromatic heterocycles. The van der Waals surface area contributed by atoms with Crippen molar-refractivity contribution < 1.29 is 9.47 Å². The molecule has 0 spiro atoms. The Labute approximate surface area is 156 Å². The van der Waals surface area contributed by atoms with E-state index < -0.39 is 0 Å². The Morgan fingerprint density at radius 2 is 1.62 bits per heavy atom. The van der Waals surface area contributed by atoms with E-state index >= 15 is 0 Å². The lowest BCUT2D eigenvalue weighted by molar-refractivity contribution is 0.294. The van der Waals surface area contributed by atoms with E-state index in [1.807, 2.05) is 18.2 Å². The molecule has 26 heavy (non-hydrogen) atoms. The fourth-order valence-electron chi connectivity index (χ4n) is 2.45. The summed E-state index contributed by atoms with van der Waals surface area (Å²) in [6.45, 7) is 6.24. The number of nitrogens with zero attached hydrogens (tertiary/aromatic N) is 1. The minimum atomic E-state index is 0.651. The molecular weight excluding hydrogens is 326 g/mol. The first-order valence-corrected chi connectivity index (χ1v) is 8.96. The number of methoxy groups -OCH3 is 1. The van der Waals surface area contributed by atoms with Crippen molar-refractivity contribution in [2.24, 2.45) is 4.99 Å². The van der Waals surface area contributed by atoms with Crippen LogP contribution in [0.3, 0.4) is 0 Å². The quantitative estimate of drug-likeness (QED) is 0.560. The molecule has 2 rings (SSSR count). The highest BCUT2D eigenvalue weighted by Gasteiger charge is 2.06. The van der Waals surface area contributed by atoms with Crippen LogP contribution in [-0.2, 0) is 13.1 Å². The van der Waals surface area contributed by atoms with Crippen molar-refractivity contribution >= 4 is 5.96 Å². The third kappa shape index (κ3) is 5.99. The van der Waals surface area contributed by atoms with E-state index in [0.29, 0.717) is 13.2 Å². The van der Waals surface area contributed by atoms with Gasteiger partial charge in [0.2, 0.25) is 0 Å². The minimum Gasteiger partial charge on any atom is -0.493 e. The maximum Gasteiger partial charge on any atom is 0.191 e. The van der Waals surface area contributed by atoms with Gasteiger partial charge in [-0.2, -0.15) is 0 Å². The van der Waals surface area contributed by atoms with Crippen molar-refractivity contribution in [3.8, 4) is 11.5 Å². The third-order valence-electron chi connectivity index (χ3n) is 3.95. The van der Waals surface area contributed by atoms with Gasteiger partial charge in [0, 0.05) is 20.1 Å². The van der Waals surface area contributed by atoms with Crippen LogP contribution in [0.15, 0.2) is 47.5 Å². The van der Waals surface area contributed by atoms with Crippen LogP contribution in [-0.4, -0.2) is 26.7 Å². The second kappa shape index (κ2) is 10.3. The Morgan fingerprint density at radius 3 is 2.23 bits per heavy atom. The van der Waals surface area contributed by atoms with E-state index in [4.69, 9.17) is 9.47 Å². The second-order valence-electron chi connectivity index (χ2n) is 6.10. The number of hydrogen-bond acceptors (Lipinski definition) is 3. The van der Waals surface area contributed by atoms with Crippen LogP contribution in [0.4, 0.5) is 0 Å². The van der Waals surface area contributed by atoms with Gasteiger partial charge in [0.05, 0.1) is 13.7 Å². The zero-order valence-corrected chi connectivity index (χ0v) is 16.1. The zero-order valence-electron chi connectivity index (χ0n) is 16.1. The van der Waals surface area contributed by atoms with Gasteiger partial charge in [-0.05, 0) is 36.6 Å². The van der Waals surface area contributed by atoms with E-state index in [-0.39, 0.29) is 0 Å². The Hall–Kier alpha value is -2.69. The largest absolute Gasteiger partial charge is 0.493 e. The van der Waals surface area contributed by atoms with Gasteiger partial charge in [-0.3, -0.25) is 4.99 Å². The summed E-state index contributed by atoms with van der Waals surface area (Å²) in [4.78, 5) is 4.27. The third-order valence-corrected chi connectivity index (χ3v) is 3.95. The summed E-state index contributed by atoms with van der Waals surface area (Å²) in [5.41, 5.74) is 3.58. The molecule has 5 nitrogen and oxygen atoms in total. The first kappa shape index (κ1) is 19.6. The van der Waals surface area contributed by atoms with Crippen LogP contribution >= 0.6 is 0 Å². The molecule has 0 saturated heterocycles. The summed E-state index contributed by atoms with van der Waals surface area (Å²) in [7, 11) is 3.43. The molecule has 0 saturated carbocycles. The molecule has 2 aromatic carbocycles. The van der Waals surface area contributed by atoms with Crippen LogP contribution in [0.2, 0.25) is 0 Å². The molecule has 0 unspecified atom stereocenters. The molecule has 0 heterocycles. The fourth-order valence-corrected chi connectivity index (χ4v) is 2.45. The van der Waals surface area contributed by atoms with E-state index in [0.717, 1.165) is 36.0 Å². The summed E-state index contributed by atoms with van der Waals surface area (Å²) in [6.07, 6.45) is 0.968. The van der Waals surface area contributed by atoms with Crippen LogP contribution in [0.1, 0.15) is 30.0 Å². The lowest BCUT2D eigenvalue weighted by Gasteiger charge is -2.14. The molecule has 140 valence electrons. The summed E-state index contributed by atoms with van der Waals surface area (Å²) in [6, 6.07) is 14.4. The second-order valence-corrected chi connectivity index (χ2v) is 6.10. The van der Waals surface area contributed by atoms with Crippen molar-refractivity contribution in [1.29, 1.82) is 0 Å². The maximum absolute atomic E-state index is 5.69. The highest BCUT2D eigenvalue weighted by molar-refractivity contribution is 5.79. The van der Waals surface area contributed by atoms with Crippen LogP contribution < -0.4 is 20.1 Å². The standard InChI is InChI=1S/C21H29N3O2/c1-5-12-26-19-11-10-18(13-20(19)25-4)15-24-21(22-3)23-14-17-8-6-16(2)7-9-17/h6-11,13H,5,12,14-15H2,1-4H3,(H2,22,23,24). The molecule has 0 amide bonds. The van der Waals surface area contributed by atoms with Gasteiger partial charge in [-0.1, -0.05) is 42.8 Å². The Kier molecular flexibility index (Phi) is 7.80. The molecule has 5 heteroatoms. The van der Waals surface area contributed by atoms with E-state index in [9.17, 15) is 0 Å². The summed E-state index contributed by atoms with van der Waals surface area (Å²) in [5.74, 6) is 2.29. The smallest absolute Gasteiger partial charge is 0.191 e. The van der Waals surface area contributed by atoms with Gasteiger partial charge in [-0.25, -0.2) is 0 Å². The first-order valence-electron chi connectivity index (χ1n) is 8.96. The number of hydrogen-bond donors (Lipinski definition) is 2. The minimum absolute atomic E-state index is 0.651. The topological polar surface area (TPSA) is 54.9 Å². The van der Waals surface area contributed by atoms with Gasteiger partial charge in [0.1, 0.15) is 0 Å². The van der Waals surface area contributed by atoms with E-state index in [2.05, 4.69) is 53.7 Å². The average molecular weight is 355 g/mol.